The van der Waals surface area contributed by atoms with Crippen LogP contribution >= 0.6 is 0 Å². The summed E-state index contributed by atoms with van der Waals surface area (Å²) in [7, 11) is -4.10. The van der Waals surface area contributed by atoms with Crippen molar-refractivity contribution >= 4 is 26.7 Å². The van der Waals surface area contributed by atoms with E-state index in [-0.39, 0.29) is 11.5 Å². The Morgan fingerprint density at radius 3 is 2.18 bits per heavy atom. The fourth-order valence-corrected chi connectivity index (χ4v) is 5.15. The van der Waals surface area contributed by atoms with Gasteiger partial charge in [-0.05, 0) is 29.9 Å². The quantitative estimate of drug-likeness (QED) is 0.715. The first kappa shape index (κ1) is 18.4. The number of Topliss-reactive ketones (excluding diaryl/α,β-unsaturated/α-hetero) is 1. The molecule has 144 valence electrons. The average molecular weight is 398 g/mol. The molecule has 1 fully saturated rings. The molecule has 1 aliphatic heterocycles. The molecule has 0 radical (unpaired) electrons. The van der Waals surface area contributed by atoms with Crippen LogP contribution in [0.3, 0.4) is 0 Å². The first-order valence-electron chi connectivity index (χ1n) is 8.96. The van der Waals surface area contributed by atoms with Crippen LogP contribution in [0.15, 0.2) is 66.4 Å². The average Bonchev–Trinajstić information content (AvgIpc) is 3.49. The molecule has 0 amide bonds. The predicted octanol–water partition coefficient (Wildman–Crippen LogP) is 3.66. The lowest BCUT2D eigenvalue weighted by molar-refractivity contribution is -0.117. The highest BCUT2D eigenvalue weighted by Gasteiger charge is 2.50. The van der Waals surface area contributed by atoms with Gasteiger partial charge in [0, 0.05) is 0 Å². The number of rotatable bonds is 5. The van der Waals surface area contributed by atoms with Crippen LogP contribution in [0.2, 0.25) is 0 Å². The van der Waals surface area contributed by atoms with Crippen molar-refractivity contribution in [3.05, 3.63) is 77.5 Å². The minimum atomic E-state index is -4.10. The van der Waals surface area contributed by atoms with Gasteiger partial charge >= 0.3 is 6.16 Å². The van der Waals surface area contributed by atoms with E-state index >= 15 is 0 Å². The summed E-state index contributed by atoms with van der Waals surface area (Å²) in [4.78, 5) is 24.8. The maximum Gasteiger partial charge on any atom is 0.514 e. The van der Waals surface area contributed by atoms with Crippen LogP contribution in [0, 0.1) is 5.92 Å². The van der Waals surface area contributed by atoms with Gasteiger partial charge in [-0.25, -0.2) is 13.2 Å². The Hall–Kier alpha value is -2.93. The number of carbonyl (C=O) groups is 2. The molecule has 2 aromatic rings. The van der Waals surface area contributed by atoms with Gasteiger partial charge in [-0.15, -0.1) is 0 Å². The second kappa shape index (κ2) is 7.24. The van der Waals surface area contributed by atoms with Crippen molar-refractivity contribution in [1.29, 1.82) is 0 Å². The van der Waals surface area contributed by atoms with Crippen LogP contribution < -0.4 is 0 Å². The molecule has 1 heterocycles. The molecule has 6 nitrogen and oxygen atoms in total. The molecule has 1 saturated carbocycles. The second-order valence-electron chi connectivity index (χ2n) is 6.83. The van der Waals surface area contributed by atoms with Crippen molar-refractivity contribution in [1.82, 2.24) is 0 Å². The van der Waals surface area contributed by atoms with Crippen molar-refractivity contribution < 1.29 is 27.5 Å². The van der Waals surface area contributed by atoms with Gasteiger partial charge in [-0.3, -0.25) is 4.79 Å². The Balaban J connectivity index is 1.75. The molecule has 4 rings (SSSR count). The van der Waals surface area contributed by atoms with E-state index in [4.69, 9.17) is 9.47 Å². The van der Waals surface area contributed by atoms with Crippen LogP contribution in [0.4, 0.5) is 4.79 Å². The number of allylic oxidation sites excluding steroid dienone is 1. The van der Waals surface area contributed by atoms with Crippen LogP contribution in [0.1, 0.15) is 29.2 Å². The van der Waals surface area contributed by atoms with Crippen LogP contribution in [0.5, 0.6) is 0 Å². The lowest BCUT2D eigenvalue weighted by atomic mass is 10.1. The Kier molecular flexibility index (Phi) is 4.77. The molecule has 0 N–H and O–H groups in total. The molecule has 0 spiro atoms. The SMILES string of the molecule is O=C(OCC1CC1)OC1=C(c2ccccc2)S(=O)(=O)C(c2ccccc2)C1=O. The lowest BCUT2D eigenvalue weighted by Crippen LogP contribution is -2.18. The summed E-state index contributed by atoms with van der Waals surface area (Å²) in [5, 5.41) is -1.45. The van der Waals surface area contributed by atoms with E-state index in [0.717, 1.165) is 12.8 Å². The Bertz CT molecular complexity index is 1040. The van der Waals surface area contributed by atoms with E-state index in [1.165, 1.54) is 0 Å². The summed E-state index contributed by atoms with van der Waals surface area (Å²) in [6, 6.07) is 16.3. The minimum Gasteiger partial charge on any atom is -0.434 e. The third kappa shape index (κ3) is 3.45. The normalized spacial score (nSPS) is 20.9. The van der Waals surface area contributed by atoms with Gasteiger partial charge in [0.25, 0.3) is 0 Å². The molecule has 2 aromatic carbocycles. The zero-order valence-electron chi connectivity index (χ0n) is 14.9. The molecular formula is C21H18O6S. The first-order chi connectivity index (χ1) is 13.5. The predicted molar refractivity (Wildman–Crippen MR) is 102 cm³/mol. The number of ketones is 1. The van der Waals surface area contributed by atoms with Crippen molar-refractivity contribution in [2.24, 2.45) is 5.92 Å². The molecular weight excluding hydrogens is 380 g/mol. The highest BCUT2D eigenvalue weighted by Crippen LogP contribution is 2.44. The lowest BCUT2D eigenvalue weighted by Gasteiger charge is -2.10. The Morgan fingerprint density at radius 2 is 1.57 bits per heavy atom. The van der Waals surface area contributed by atoms with E-state index in [1.807, 2.05) is 0 Å². The second-order valence-corrected chi connectivity index (χ2v) is 8.80. The summed E-state index contributed by atoms with van der Waals surface area (Å²) in [6.45, 7) is 0.204. The van der Waals surface area contributed by atoms with Crippen LogP contribution in [0.25, 0.3) is 4.91 Å². The molecule has 1 atom stereocenters. The first-order valence-corrected chi connectivity index (χ1v) is 10.5. The summed E-state index contributed by atoms with van der Waals surface area (Å²) < 4.78 is 36.7. The molecule has 1 unspecified atom stereocenters. The fraction of sp³-hybridized carbons (Fsp3) is 0.238. The largest absolute Gasteiger partial charge is 0.514 e. The van der Waals surface area contributed by atoms with Crippen molar-refractivity contribution in [2.45, 2.75) is 18.1 Å². The zero-order valence-corrected chi connectivity index (χ0v) is 15.7. The van der Waals surface area contributed by atoms with Crippen molar-refractivity contribution in [3.63, 3.8) is 0 Å². The third-order valence-corrected chi connectivity index (χ3v) is 6.82. The van der Waals surface area contributed by atoms with Crippen molar-refractivity contribution in [3.8, 4) is 0 Å². The van der Waals surface area contributed by atoms with Gasteiger partial charge in [0.1, 0.15) is 4.91 Å². The molecule has 0 saturated heterocycles. The smallest absolute Gasteiger partial charge is 0.434 e. The van der Waals surface area contributed by atoms with Crippen LogP contribution in [-0.4, -0.2) is 27.0 Å². The summed E-state index contributed by atoms with van der Waals surface area (Å²) in [6.07, 6.45) is 0.899. The zero-order chi connectivity index (χ0) is 19.7. The summed E-state index contributed by atoms with van der Waals surface area (Å²) in [5.74, 6) is -0.940. The van der Waals surface area contributed by atoms with E-state index in [1.54, 1.807) is 60.7 Å². The summed E-state index contributed by atoms with van der Waals surface area (Å²) in [5.41, 5.74) is 0.616. The van der Waals surface area contributed by atoms with Crippen LogP contribution in [-0.2, 0) is 24.1 Å². The maximum absolute atomic E-state index is 13.3. The van der Waals surface area contributed by atoms with Gasteiger partial charge in [-0.1, -0.05) is 60.7 Å². The number of ether oxygens (including phenoxy) is 2. The third-order valence-electron chi connectivity index (χ3n) is 4.72. The minimum absolute atomic E-state index is 0.204. The van der Waals surface area contributed by atoms with Gasteiger partial charge < -0.3 is 9.47 Å². The number of carbonyl (C=O) groups excluding carboxylic acids is 2. The van der Waals surface area contributed by atoms with E-state index in [2.05, 4.69) is 0 Å². The summed E-state index contributed by atoms with van der Waals surface area (Å²) >= 11 is 0. The molecule has 28 heavy (non-hydrogen) atoms. The Labute approximate surface area is 162 Å². The number of sulfone groups is 1. The highest BCUT2D eigenvalue weighted by atomic mass is 32.2. The molecule has 1 aliphatic carbocycles. The number of hydrogen-bond acceptors (Lipinski definition) is 6. The highest BCUT2D eigenvalue weighted by molar-refractivity contribution is 8.02. The van der Waals surface area contributed by atoms with Gasteiger partial charge in [-0.2, -0.15) is 0 Å². The number of hydrogen-bond donors (Lipinski definition) is 0. The molecule has 7 heteroatoms. The molecule has 2 aliphatic rings. The van der Waals surface area contributed by atoms with Gasteiger partial charge in [0.2, 0.25) is 5.78 Å². The monoisotopic (exact) mass is 398 g/mol. The van der Waals surface area contributed by atoms with Gasteiger partial charge in [0.15, 0.2) is 20.8 Å². The van der Waals surface area contributed by atoms with Gasteiger partial charge in [0.05, 0.1) is 6.61 Å². The molecule has 0 aromatic heterocycles. The maximum atomic E-state index is 13.3. The number of benzene rings is 2. The molecule has 0 bridgehead atoms. The standard InChI is InChI=1S/C21H18O6S/c22-17-18(27-21(23)26-13-14-11-12-14)20(16-9-5-2-6-10-16)28(24,25)19(17)15-7-3-1-4-8-15/h1-10,14,19H,11-13H2. The van der Waals surface area contributed by atoms with E-state index in [9.17, 15) is 18.0 Å². The van der Waals surface area contributed by atoms with Crippen molar-refractivity contribution in [2.75, 3.05) is 6.61 Å². The topological polar surface area (TPSA) is 86.7 Å². The van der Waals surface area contributed by atoms with E-state index in [0.29, 0.717) is 17.0 Å². The Morgan fingerprint density at radius 1 is 0.964 bits per heavy atom. The fourth-order valence-electron chi connectivity index (χ4n) is 3.14. The van der Waals surface area contributed by atoms with E-state index < -0.39 is 32.8 Å².